The number of guanidine groups is 1. The predicted octanol–water partition coefficient (Wildman–Crippen LogP) is 2.76. The number of rotatable bonds is 3. The minimum absolute atomic E-state index is 0.186. The van der Waals surface area contributed by atoms with Crippen LogP contribution in [0.5, 0.6) is 5.75 Å². The lowest BCUT2D eigenvalue weighted by Crippen LogP contribution is -2.39. The average Bonchev–Trinajstić information content (AvgIpc) is 2.93. The molecule has 1 aliphatic rings. The van der Waals surface area contributed by atoms with Crippen molar-refractivity contribution in [3.63, 3.8) is 0 Å². The summed E-state index contributed by atoms with van der Waals surface area (Å²) in [5.41, 5.74) is 0.440. The lowest BCUT2D eigenvalue weighted by molar-refractivity contribution is -0.274. The van der Waals surface area contributed by atoms with Gasteiger partial charge in [-0.3, -0.25) is 4.99 Å². The second-order valence-corrected chi connectivity index (χ2v) is 4.75. The summed E-state index contributed by atoms with van der Waals surface area (Å²) in [5.74, 6) is 0.517. The Bertz CT molecular complexity index is 496. The number of halogens is 3. The topological polar surface area (TPSA) is 36.9 Å². The van der Waals surface area contributed by atoms with E-state index >= 15 is 0 Å². The molecule has 1 aromatic carbocycles. The van der Waals surface area contributed by atoms with Crippen molar-refractivity contribution in [1.29, 1.82) is 0 Å². The minimum atomic E-state index is -4.69. The number of alkyl halides is 3. The maximum Gasteiger partial charge on any atom is 0.573 e. The highest BCUT2D eigenvalue weighted by Gasteiger charge is 2.32. The zero-order valence-electron chi connectivity index (χ0n) is 11.8. The molecule has 1 saturated heterocycles. The van der Waals surface area contributed by atoms with E-state index in [9.17, 15) is 13.2 Å². The van der Waals surface area contributed by atoms with Gasteiger partial charge in [-0.05, 0) is 18.9 Å². The van der Waals surface area contributed by atoms with E-state index in [1.165, 1.54) is 12.1 Å². The first-order valence-corrected chi connectivity index (χ1v) is 6.79. The summed E-state index contributed by atoms with van der Waals surface area (Å²) in [6, 6.07) is 6.10. The van der Waals surface area contributed by atoms with Gasteiger partial charge in [-0.25, -0.2) is 0 Å². The van der Waals surface area contributed by atoms with Crippen molar-refractivity contribution >= 4 is 5.96 Å². The molecule has 0 aromatic heterocycles. The molecule has 0 spiro atoms. The summed E-state index contributed by atoms with van der Waals surface area (Å²) in [5, 5.41) is 3.08. The highest BCUT2D eigenvalue weighted by atomic mass is 19.4. The molecule has 0 radical (unpaired) electrons. The summed E-state index contributed by atoms with van der Waals surface area (Å²) in [7, 11) is 1.67. The van der Waals surface area contributed by atoms with Gasteiger partial charge >= 0.3 is 6.36 Å². The normalized spacial score (nSPS) is 16.2. The number of aliphatic imine (C=N–C) groups is 1. The van der Waals surface area contributed by atoms with Crippen LogP contribution in [-0.2, 0) is 6.54 Å². The Morgan fingerprint density at radius 2 is 1.95 bits per heavy atom. The highest BCUT2D eigenvalue weighted by Crippen LogP contribution is 2.26. The van der Waals surface area contributed by atoms with Crippen LogP contribution in [0.1, 0.15) is 18.4 Å². The molecule has 1 N–H and O–H groups in total. The number of nitrogens with one attached hydrogen (secondary N) is 1. The van der Waals surface area contributed by atoms with Gasteiger partial charge in [0, 0.05) is 32.2 Å². The van der Waals surface area contributed by atoms with Crippen LogP contribution in [0.3, 0.4) is 0 Å². The number of ether oxygens (including phenoxy) is 1. The standard InChI is InChI=1S/C14H18F3N3O/c1-18-13(20-8-4-5-9-20)19-10-11-6-2-3-7-12(11)21-14(15,16)17/h2-3,6-7H,4-5,8-10H2,1H3,(H,18,19). The molecule has 0 unspecified atom stereocenters. The van der Waals surface area contributed by atoms with E-state index < -0.39 is 6.36 Å². The maximum atomic E-state index is 12.4. The quantitative estimate of drug-likeness (QED) is 0.689. The lowest BCUT2D eigenvalue weighted by atomic mass is 10.2. The van der Waals surface area contributed by atoms with Crippen LogP contribution in [0, 0.1) is 0 Å². The molecule has 7 heteroatoms. The fourth-order valence-corrected chi connectivity index (χ4v) is 2.31. The van der Waals surface area contributed by atoms with Gasteiger partial charge in [0.1, 0.15) is 5.75 Å². The predicted molar refractivity (Wildman–Crippen MR) is 74.1 cm³/mol. The molecular weight excluding hydrogens is 283 g/mol. The van der Waals surface area contributed by atoms with Crippen LogP contribution in [-0.4, -0.2) is 37.4 Å². The van der Waals surface area contributed by atoms with Gasteiger partial charge in [-0.15, -0.1) is 13.2 Å². The van der Waals surface area contributed by atoms with Crippen LogP contribution in [0.15, 0.2) is 29.3 Å². The molecule has 1 aliphatic heterocycles. The molecule has 1 aromatic rings. The van der Waals surface area contributed by atoms with Gasteiger partial charge in [0.05, 0.1) is 0 Å². The summed E-state index contributed by atoms with van der Waals surface area (Å²) in [6.07, 6.45) is -2.48. The van der Waals surface area contributed by atoms with Crippen LogP contribution in [0.2, 0.25) is 0 Å². The Hall–Kier alpha value is -1.92. The van der Waals surface area contributed by atoms with Crippen LogP contribution in [0.25, 0.3) is 0 Å². The first-order chi connectivity index (χ1) is 9.99. The molecule has 0 saturated carbocycles. The molecular formula is C14H18F3N3O. The Labute approximate surface area is 121 Å². The van der Waals surface area contributed by atoms with Crippen molar-refractivity contribution in [2.24, 2.45) is 4.99 Å². The largest absolute Gasteiger partial charge is 0.573 e. The highest BCUT2D eigenvalue weighted by molar-refractivity contribution is 5.80. The summed E-state index contributed by atoms with van der Waals surface area (Å²) in [6.45, 7) is 2.07. The van der Waals surface area contributed by atoms with E-state index in [0.717, 1.165) is 25.9 Å². The molecule has 1 fully saturated rings. The molecule has 2 rings (SSSR count). The number of para-hydroxylation sites is 1. The SMILES string of the molecule is CN=C(NCc1ccccc1OC(F)(F)F)N1CCCC1. The summed E-state index contributed by atoms with van der Waals surface area (Å²) < 4.78 is 41.1. The van der Waals surface area contributed by atoms with Gasteiger partial charge < -0.3 is 15.0 Å². The van der Waals surface area contributed by atoms with Crippen LogP contribution < -0.4 is 10.1 Å². The fourth-order valence-electron chi connectivity index (χ4n) is 2.31. The minimum Gasteiger partial charge on any atom is -0.405 e. The second kappa shape index (κ2) is 6.69. The van der Waals surface area contributed by atoms with E-state index in [4.69, 9.17) is 0 Å². The zero-order valence-corrected chi connectivity index (χ0v) is 11.8. The van der Waals surface area contributed by atoms with Crippen LogP contribution in [0.4, 0.5) is 13.2 Å². The number of hydrogen-bond acceptors (Lipinski definition) is 2. The van der Waals surface area contributed by atoms with Gasteiger partial charge in [0.2, 0.25) is 0 Å². The molecule has 4 nitrogen and oxygen atoms in total. The lowest BCUT2D eigenvalue weighted by Gasteiger charge is -2.21. The van der Waals surface area contributed by atoms with Crippen molar-refractivity contribution in [3.8, 4) is 5.75 Å². The Morgan fingerprint density at radius 3 is 2.57 bits per heavy atom. The van der Waals surface area contributed by atoms with E-state index in [1.807, 2.05) is 0 Å². The molecule has 0 amide bonds. The van der Waals surface area contributed by atoms with Crippen molar-refractivity contribution in [2.75, 3.05) is 20.1 Å². The third kappa shape index (κ3) is 4.54. The maximum absolute atomic E-state index is 12.4. The molecule has 1 heterocycles. The van der Waals surface area contributed by atoms with Crippen molar-refractivity contribution in [1.82, 2.24) is 10.2 Å². The van der Waals surface area contributed by atoms with E-state index in [0.29, 0.717) is 11.5 Å². The number of benzene rings is 1. The van der Waals surface area contributed by atoms with Gasteiger partial charge in [0.25, 0.3) is 0 Å². The fraction of sp³-hybridized carbons (Fsp3) is 0.500. The number of likely N-dealkylation sites (tertiary alicyclic amines) is 1. The molecule has 0 bridgehead atoms. The zero-order chi connectivity index (χ0) is 15.3. The molecule has 0 atom stereocenters. The third-order valence-electron chi connectivity index (χ3n) is 3.25. The van der Waals surface area contributed by atoms with E-state index in [-0.39, 0.29) is 12.3 Å². The average molecular weight is 301 g/mol. The van der Waals surface area contributed by atoms with Crippen molar-refractivity contribution in [3.05, 3.63) is 29.8 Å². The smallest absolute Gasteiger partial charge is 0.405 e. The Kier molecular flexibility index (Phi) is 4.93. The van der Waals surface area contributed by atoms with Gasteiger partial charge in [-0.1, -0.05) is 18.2 Å². The van der Waals surface area contributed by atoms with Gasteiger partial charge in [-0.2, -0.15) is 0 Å². The van der Waals surface area contributed by atoms with Gasteiger partial charge in [0.15, 0.2) is 5.96 Å². The summed E-state index contributed by atoms with van der Waals surface area (Å²) in [4.78, 5) is 6.25. The van der Waals surface area contributed by atoms with Crippen molar-refractivity contribution < 1.29 is 17.9 Å². The molecule has 116 valence electrons. The number of nitrogens with zero attached hydrogens (tertiary/aromatic N) is 2. The Balaban J connectivity index is 2.02. The summed E-state index contributed by atoms with van der Waals surface area (Å²) >= 11 is 0. The molecule has 0 aliphatic carbocycles. The second-order valence-electron chi connectivity index (χ2n) is 4.75. The molecule has 21 heavy (non-hydrogen) atoms. The van der Waals surface area contributed by atoms with E-state index in [2.05, 4.69) is 19.9 Å². The Morgan fingerprint density at radius 1 is 1.29 bits per heavy atom. The third-order valence-corrected chi connectivity index (χ3v) is 3.25. The van der Waals surface area contributed by atoms with Crippen LogP contribution >= 0.6 is 0 Å². The van der Waals surface area contributed by atoms with Crippen molar-refractivity contribution in [2.45, 2.75) is 25.7 Å². The number of hydrogen-bond donors (Lipinski definition) is 1. The first kappa shape index (κ1) is 15.5. The van der Waals surface area contributed by atoms with E-state index in [1.54, 1.807) is 19.2 Å². The first-order valence-electron chi connectivity index (χ1n) is 6.79. The monoisotopic (exact) mass is 301 g/mol.